The van der Waals surface area contributed by atoms with Crippen LogP contribution in [0.5, 0.6) is 0 Å². The fraction of sp³-hybridized carbons (Fsp3) is 0.714. The second-order valence-electron chi connectivity index (χ2n) is 2.77. The first-order valence-corrected chi connectivity index (χ1v) is 4.01. The lowest BCUT2D eigenvalue weighted by Crippen LogP contribution is -2.37. The lowest BCUT2D eigenvalue weighted by atomic mass is 10.2. The summed E-state index contributed by atoms with van der Waals surface area (Å²) in [6.07, 6.45) is 1.07. The monoisotopic (exact) mass is 171 g/mol. The number of carbonyl (C=O) groups is 2. The zero-order chi connectivity index (χ0) is 8.97. The Kier molecular flexibility index (Phi) is 3.19. The molecular weight excluding hydrogens is 158 g/mol. The third kappa shape index (κ3) is 2.28. The van der Waals surface area contributed by atoms with Crippen molar-refractivity contribution in [2.45, 2.75) is 18.9 Å². The Morgan fingerprint density at radius 3 is 2.83 bits per heavy atom. The zero-order valence-corrected chi connectivity index (χ0v) is 6.80. The zero-order valence-electron chi connectivity index (χ0n) is 6.80. The van der Waals surface area contributed by atoms with Gasteiger partial charge in [0.25, 0.3) is 0 Å². The summed E-state index contributed by atoms with van der Waals surface area (Å²) in [4.78, 5) is 21.7. The van der Waals surface area contributed by atoms with E-state index in [4.69, 9.17) is 5.73 Å². The van der Waals surface area contributed by atoms with Crippen LogP contribution in [-0.4, -0.2) is 30.9 Å². The molecule has 1 fully saturated rings. The number of carbonyl (C=O) groups excluding carboxylic acids is 2. The van der Waals surface area contributed by atoms with E-state index in [0.717, 1.165) is 6.42 Å². The van der Waals surface area contributed by atoms with Crippen molar-refractivity contribution in [2.75, 3.05) is 13.1 Å². The average Bonchev–Trinajstić information content (AvgIpc) is 2.31. The minimum absolute atomic E-state index is 0.203. The lowest BCUT2D eigenvalue weighted by molar-refractivity contribution is -0.125. The topological polar surface area (TPSA) is 84.2 Å². The molecule has 0 aromatic heterocycles. The molecule has 12 heavy (non-hydrogen) atoms. The van der Waals surface area contributed by atoms with Crippen LogP contribution in [0.2, 0.25) is 0 Å². The van der Waals surface area contributed by atoms with E-state index in [1.165, 1.54) is 0 Å². The molecule has 1 atom stereocenters. The van der Waals surface area contributed by atoms with Gasteiger partial charge < -0.3 is 11.1 Å². The normalized spacial score (nSPS) is 22.9. The van der Waals surface area contributed by atoms with E-state index in [-0.39, 0.29) is 24.3 Å². The van der Waals surface area contributed by atoms with E-state index in [9.17, 15) is 9.59 Å². The second kappa shape index (κ2) is 4.18. The van der Waals surface area contributed by atoms with Gasteiger partial charge in [-0.3, -0.25) is 14.9 Å². The fourth-order valence-corrected chi connectivity index (χ4v) is 1.10. The number of imide groups is 1. The number of hydrogen-bond donors (Lipinski definition) is 3. The molecule has 0 aromatic carbocycles. The molecule has 1 aliphatic rings. The first-order valence-electron chi connectivity index (χ1n) is 4.01. The summed E-state index contributed by atoms with van der Waals surface area (Å²) in [6.45, 7) is 1.27. The van der Waals surface area contributed by atoms with Crippen LogP contribution in [0.25, 0.3) is 0 Å². The van der Waals surface area contributed by atoms with E-state index in [1.54, 1.807) is 0 Å². The summed E-state index contributed by atoms with van der Waals surface area (Å²) in [5.41, 5.74) is 5.27. The number of nitrogens with one attached hydrogen (secondary N) is 2. The lowest BCUT2D eigenvalue weighted by Gasteiger charge is -2.06. The molecule has 0 radical (unpaired) electrons. The average molecular weight is 171 g/mol. The molecule has 1 heterocycles. The maximum Gasteiger partial charge on any atom is 0.244 e. The molecule has 5 heteroatoms. The summed E-state index contributed by atoms with van der Waals surface area (Å²) in [5, 5.41) is 5.17. The highest BCUT2D eigenvalue weighted by Gasteiger charge is 2.29. The van der Waals surface area contributed by atoms with Gasteiger partial charge in [0.2, 0.25) is 11.8 Å². The van der Waals surface area contributed by atoms with Crippen molar-refractivity contribution in [2.24, 2.45) is 5.73 Å². The van der Waals surface area contributed by atoms with Crippen molar-refractivity contribution in [3.8, 4) is 0 Å². The number of nitrogens with two attached hydrogens (primary N) is 1. The van der Waals surface area contributed by atoms with Gasteiger partial charge >= 0.3 is 0 Å². The molecule has 0 aliphatic carbocycles. The van der Waals surface area contributed by atoms with Gasteiger partial charge in [0.1, 0.15) is 0 Å². The van der Waals surface area contributed by atoms with Crippen LogP contribution >= 0.6 is 0 Å². The van der Waals surface area contributed by atoms with Gasteiger partial charge in [-0.05, 0) is 19.5 Å². The van der Waals surface area contributed by atoms with Crippen LogP contribution < -0.4 is 16.4 Å². The van der Waals surface area contributed by atoms with Gasteiger partial charge in [-0.25, -0.2) is 0 Å². The smallest absolute Gasteiger partial charge is 0.244 e. The van der Waals surface area contributed by atoms with Gasteiger partial charge in [0.05, 0.1) is 12.5 Å². The van der Waals surface area contributed by atoms with Gasteiger partial charge in [-0.15, -0.1) is 0 Å². The van der Waals surface area contributed by atoms with Gasteiger partial charge in [-0.1, -0.05) is 0 Å². The van der Waals surface area contributed by atoms with E-state index in [2.05, 4.69) is 10.6 Å². The van der Waals surface area contributed by atoms with E-state index in [0.29, 0.717) is 13.1 Å². The minimum Gasteiger partial charge on any atom is -0.330 e. The Morgan fingerprint density at radius 2 is 2.33 bits per heavy atom. The molecule has 2 amide bonds. The predicted molar refractivity (Wildman–Crippen MR) is 43.2 cm³/mol. The second-order valence-corrected chi connectivity index (χ2v) is 2.77. The molecule has 0 bridgehead atoms. The Bertz CT molecular complexity index is 193. The van der Waals surface area contributed by atoms with Crippen molar-refractivity contribution in [3.05, 3.63) is 0 Å². The maximum absolute atomic E-state index is 11.0. The van der Waals surface area contributed by atoms with Crippen LogP contribution in [0.1, 0.15) is 12.8 Å². The highest BCUT2D eigenvalue weighted by atomic mass is 16.2. The number of hydrogen-bond acceptors (Lipinski definition) is 4. The molecule has 0 aromatic rings. The van der Waals surface area contributed by atoms with Gasteiger partial charge in [-0.2, -0.15) is 0 Å². The van der Waals surface area contributed by atoms with E-state index < -0.39 is 0 Å². The minimum atomic E-state index is -0.343. The number of rotatable bonds is 4. The summed E-state index contributed by atoms with van der Waals surface area (Å²) in [5.74, 6) is -0.428. The molecule has 1 rings (SSSR count). The van der Waals surface area contributed by atoms with E-state index in [1.807, 2.05) is 0 Å². The molecule has 1 unspecified atom stereocenters. The van der Waals surface area contributed by atoms with Crippen LogP contribution in [0.15, 0.2) is 0 Å². The summed E-state index contributed by atoms with van der Waals surface area (Å²) in [6, 6.07) is -0.343. The van der Waals surface area contributed by atoms with Crippen molar-refractivity contribution < 1.29 is 9.59 Å². The summed E-state index contributed by atoms with van der Waals surface area (Å²) >= 11 is 0. The van der Waals surface area contributed by atoms with Crippen LogP contribution in [0, 0.1) is 0 Å². The highest BCUT2D eigenvalue weighted by Crippen LogP contribution is 2.00. The third-order valence-electron chi connectivity index (χ3n) is 1.74. The van der Waals surface area contributed by atoms with Crippen molar-refractivity contribution in [1.29, 1.82) is 0 Å². The van der Waals surface area contributed by atoms with Crippen molar-refractivity contribution in [1.82, 2.24) is 10.6 Å². The first kappa shape index (κ1) is 9.15. The van der Waals surface area contributed by atoms with Gasteiger partial charge in [0.15, 0.2) is 0 Å². The van der Waals surface area contributed by atoms with Gasteiger partial charge in [0, 0.05) is 0 Å². The molecule has 1 aliphatic heterocycles. The Morgan fingerprint density at radius 1 is 1.58 bits per heavy atom. The Labute approximate surface area is 70.7 Å². The predicted octanol–water partition coefficient (Wildman–Crippen LogP) is -1.66. The Hall–Kier alpha value is -0.940. The first-order chi connectivity index (χ1) is 5.74. The van der Waals surface area contributed by atoms with Crippen LogP contribution in [-0.2, 0) is 9.59 Å². The largest absolute Gasteiger partial charge is 0.330 e. The fourth-order valence-electron chi connectivity index (χ4n) is 1.10. The van der Waals surface area contributed by atoms with Crippen LogP contribution in [0.3, 0.4) is 0 Å². The molecule has 5 nitrogen and oxygen atoms in total. The third-order valence-corrected chi connectivity index (χ3v) is 1.74. The Balaban J connectivity index is 2.24. The summed E-state index contributed by atoms with van der Waals surface area (Å²) < 4.78 is 0. The molecule has 4 N–H and O–H groups in total. The SMILES string of the molecule is NCCCNC1CC(=O)NC1=O. The van der Waals surface area contributed by atoms with E-state index >= 15 is 0 Å². The quantitative estimate of drug-likeness (QED) is 0.349. The van der Waals surface area contributed by atoms with Crippen molar-refractivity contribution in [3.63, 3.8) is 0 Å². The van der Waals surface area contributed by atoms with Crippen LogP contribution in [0.4, 0.5) is 0 Å². The highest BCUT2D eigenvalue weighted by molar-refractivity contribution is 6.05. The summed E-state index contributed by atoms with van der Waals surface area (Å²) in [7, 11) is 0. The molecule has 0 saturated carbocycles. The molecule has 68 valence electrons. The number of amides is 2. The molecule has 0 spiro atoms. The standard InChI is InChI=1S/C7H13N3O2/c8-2-1-3-9-5-4-6(11)10-7(5)12/h5,9H,1-4,8H2,(H,10,11,12). The molecule has 1 saturated heterocycles. The van der Waals surface area contributed by atoms with Crippen molar-refractivity contribution >= 4 is 11.8 Å². The maximum atomic E-state index is 11.0. The molecular formula is C7H13N3O2.